The van der Waals surface area contributed by atoms with Crippen molar-refractivity contribution in [3.63, 3.8) is 0 Å². The van der Waals surface area contributed by atoms with Crippen molar-refractivity contribution in [3.8, 4) is 0 Å². The molecule has 1 atom stereocenters. The first kappa shape index (κ1) is 13.1. The summed E-state index contributed by atoms with van der Waals surface area (Å²) in [6.45, 7) is 0. The Morgan fingerprint density at radius 1 is 1.11 bits per heavy atom. The number of nitrogens with two attached hydrogens (primary N) is 1. The molecule has 0 radical (unpaired) electrons. The monoisotopic (exact) mass is 272 g/mol. The molecule has 0 saturated heterocycles. The van der Waals surface area contributed by atoms with Gasteiger partial charge in [-0.25, -0.2) is 5.43 Å². The van der Waals surface area contributed by atoms with Crippen LogP contribution in [0.5, 0.6) is 0 Å². The zero-order valence-electron chi connectivity index (χ0n) is 9.24. The number of halogens is 3. The highest BCUT2D eigenvalue weighted by molar-refractivity contribution is 7.10. The van der Waals surface area contributed by atoms with Gasteiger partial charge in [0.2, 0.25) is 0 Å². The van der Waals surface area contributed by atoms with Crippen molar-refractivity contribution in [2.75, 3.05) is 0 Å². The highest BCUT2D eigenvalue weighted by Gasteiger charge is 2.30. The number of hydrazine groups is 1. The first-order valence-corrected chi connectivity index (χ1v) is 6.07. The minimum atomic E-state index is -4.31. The van der Waals surface area contributed by atoms with E-state index in [1.165, 1.54) is 23.5 Å². The average Bonchev–Trinajstić information content (AvgIpc) is 2.83. The highest BCUT2D eigenvalue weighted by atomic mass is 32.1. The van der Waals surface area contributed by atoms with Gasteiger partial charge in [0.1, 0.15) is 0 Å². The van der Waals surface area contributed by atoms with E-state index in [1.807, 2.05) is 17.5 Å². The van der Waals surface area contributed by atoms with Crippen LogP contribution in [0.15, 0.2) is 41.8 Å². The zero-order chi connectivity index (χ0) is 13.2. The largest absolute Gasteiger partial charge is 0.416 e. The SMILES string of the molecule is NNC(c1ccc(C(F)(F)F)cc1)c1cccs1. The summed E-state index contributed by atoms with van der Waals surface area (Å²) < 4.78 is 37.3. The molecule has 1 unspecified atom stereocenters. The molecular weight excluding hydrogens is 261 g/mol. The quantitative estimate of drug-likeness (QED) is 0.664. The zero-order valence-corrected chi connectivity index (χ0v) is 10.1. The predicted molar refractivity (Wildman–Crippen MR) is 64.9 cm³/mol. The number of benzene rings is 1. The molecule has 0 saturated carbocycles. The van der Waals surface area contributed by atoms with E-state index < -0.39 is 11.7 Å². The first-order valence-electron chi connectivity index (χ1n) is 5.19. The number of thiophene rings is 1. The van der Waals surface area contributed by atoms with Crippen LogP contribution in [0.2, 0.25) is 0 Å². The molecule has 96 valence electrons. The maximum absolute atomic E-state index is 12.4. The van der Waals surface area contributed by atoms with Gasteiger partial charge in [0.05, 0.1) is 11.6 Å². The molecule has 1 heterocycles. The van der Waals surface area contributed by atoms with Gasteiger partial charge in [-0.2, -0.15) is 13.2 Å². The topological polar surface area (TPSA) is 38.0 Å². The second-order valence-electron chi connectivity index (χ2n) is 3.73. The van der Waals surface area contributed by atoms with E-state index in [2.05, 4.69) is 5.43 Å². The summed E-state index contributed by atoms with van der Waals surface area (Å²) in [5.41, 5.74) is 2.65. The van der Waals surface area contributed by atoms with Crippen LogP contribution in [0, 0.1) is 0 Å². The molecule has 2 nitrogen and oxygen atoms in total. The number of hydrogen-bond acceptors (Lipinski definition) is 3. The fraction of sp³-hybridized carbons (Fsp3) is 0.167. The van der Waals surface area contributed by atoms with Crippen LogP contribution >= 0.6 is 11.3 Å². The molecule has 3 N–H and O–H groups in total. The van der Waals surface area contributed by atoms with Gasteiger partial charge in [-0.1, -0.05) is 18.2 Å². The van der Waals surface area contributed by atoms with Gasteiger partial charge in [-0.05, 0) is 29.1 Å². The molecule has 0 bridgehead atoms. The molecule has 1 aromatic heterocycles. The number of nitrogens with one attached hydrogen (secondary N) is 1. The van der Waals surface area contributed by atoms with Crippen molar-refractivity contribution in [2.45, 2.75) is 12.2 Å². The molecule has 0 spiro atoms. The van der Waals surface area contributed by atoms with Crippen LogP contribution in [0.25, 0.3) is 0 Å². The molecule has 0 amide bonds. The smallest absolute Gasteiger partial charge is 0.271 e. The van der Waals surface area contributed by atoms with E-state index in [-0.39, 0.29) is 6.04 Å². The highest BCUT2D eigenvalue weighted by Crippen LogP contribution is 2.31. The second-order valence-corrected chi connectivity index (χ2v) is 4.71. The van der Waals surface area contributed by atoms with E-state index in [0.29, 0.717) is 5.56 Å². The summed E-state index contributed by atoms with van der Waals surface area (Å²) in [7, 11) is 0. The number of rotatable bonds is 3. The molecule has 2 rings (SSSR count). The summed E-state index contributed by atoms with van der Waals surface area (Å²) in [4.78, 5) is 0.956. The van der Waals surface area contributed by atoms with Crippen molar-refractivity contribution < 1.29 is 13.2 Å². The Balaban J connectivity index is 2.28. The van der Waals surface area contributed by atoms with Gasteiger partial charge in [0.15, 0.2) is 0 Å². The Morgan fingerprint density at radius 3 is 2.22 bits per heavy atom. The maximum Gasteiger partial charge on any atom is 0.416 e. The Bertz CT molecular complexity index is 491. The van der Waals surface area contributed by atoms with Gasteiger partial charge in [-0.3, -0.25) is 5.84 Å². The fourth-order valence-corrected chi connectivity index (χ4v) is 2.47. The lowest BCUT2D eigenvalue weighted by Crippen LogP contribution is -2.28. The molecule has 2 aromatic rings. The third kappa shape index (κ3) is 2.72. The van der Waals surface area contributed by atoms with E-state index in [1.54, 1.807) is 0 Å². The van der Waals surface area contributed by atoms with Crippen molar-refractivity contribution in [3.05, 3.63) is 57.8 Å². The molecule has 0 aliphatic heterocycles. The Kier molecular flexibility index (Phi) is 3.70. The van der Waals surface area contributed by atoms with Gasteiger partial charge in [0.25, 0.3) is 0 Å². The van der Waals surface area contributed by atoms with E-state index >= 15 is 0 Å². The van der Waals surface area contributed by atoms with E-state index in [4.69, 9.17) is 5.84 Å². The van der Waals surface area contributed by atoms with Gasteiger partial charge in [0, 0.05) is 4.88 Å². The van der Waals surface area contributed by atoms with E-state index in [0.717, 1.165) is 17.0 Å². The number of hydrogen-bond donors (Lipinski definition) is 2. The van der Waals surface area contributed by atoms with Crippen LogP contribution < -0.4 is 11.3 Å². The lowest BCUT2D eigenvalue weighted by Gasteiger charge is -2.15. The lowest BCUT2D eigenvalue weighted by atomic mass is 10.0. The maximum atomic E-state index is 12.4. The Labute approximate surface area is 106 Å². The predicted octanol–water partition coefficient (Wildman–Crippen LogP) is 3.32. The Morgan fingerprint density at radius 2 is 1.78 bits per heavy atom. The summed E-state index contributed by atoms with van der Waals surface area (Å²) in [6, 6.07) is 8.47. The fourth-order valence-electron chi connectivity index (χ4n) is 1.66. The molecule has 6 heteroatoms. The van der Waals surface area contributed by atoms with Crippen molar-refractivity contribution in [1.82, 2.24) is 5.43 Å². The van der Waals surface area contributed by atoms with Crippen LogP contribution in [-0.4, -0.2) is 0 Å². The first-order chi connectivity index (χ1) is 8.52. The minimum absolute atomic E-state index is 0.285. The van der Waals surface area contributed by atoms with Crippen molar-refractivity contribution >= 4 is 11.3 Å². The van der Waals surface area contributed by atoms with Gasteiger partial charge >= 0.3 is 6.18 Å². The minimum Gasteiger partial charge on any atom is -0.271 e. The number of alkyl halides is 3. The second kappa shape index (κ2) is 5.09. The molecule has 0 fully saturated rings. The standard InChI is InChI=1S/C12H11F3N2S/c13-12(14,15)9-5-3-8(4-6-9)11(17-16)10-2-1-7-18-10/h1-7,11,17H,16H2. The van der Waals surface area contributed by atoms with Crippen molar-refractivity contribution in [2.24, 2.45) is 5.84 Å². The molecule has 0 aliphatic rings. The van der Waals surface area contributed by atoms with Gasteiger partial charge in [-0.15, -0.1) is 11.3 Å². The van der Waals surface area contributed by atoms with Crippen LogP contribution in [0.4, 0.5) is 13.2 Å². The average molecular weight is 272 g/mol. The normalized spacial score (nSPS) is 13.6. The van der Waals surface area contributed by atoms with Crippen LogP contribution in [0.1, 0.15) is 22.0 Å². The van der Waals surface area contributed by atoms with Crippen molar-refractivity contribution in [1.29, 1.82) is 0 Å². The molecule has 18 heavy (non-hydrogen) atoms. The summed E-state index contributed by atoms with van der Waals surface area (Å²) in [5, 5.41) is 1.89. The van der Waals surface area contributed by atoms with Gasteiger partial charge < -0.3 is 0 Å². The summed E-state index contributed by atoms with van der Waals surface area (Å²) in [5.74, 6) is 5.45. The third-order valence-electron chi connectivity index (χ3n) is 2.57. The molecule has 1 aromatic carbocycles. The Hall–Kier alpha value is -1.37. The summed E-state index contributed by atoms with van der Waals surface area (Å²) >= 11 is 1.50. The molecular formula is C12H11F3N2S. The third-order valence-corrected chi connectivity index (χ3v) is 3.50. The summed E-state index contributed by atoms with van der Waals surface area (Å²) in [6.07, 6.45) is -4.31. The van der Waals surface area contributed by atoms with Crippen LogP contribution in [-0.2, 0) is 6.18 Å². The van der Waals surface area contributed by atoms with Crippen LogP contribution in [0.3, 0.4) is 0 Å². The van der Waals surface area contributed by atoms with E-state index in [9.17, 15) is 13.2 Å². The lowest BCUT2D eigenvalue weighted by molar-refractivity contribution is -0.137. The molecule has 0 aliphatic carbocycles.